The molecule has 1 atom stereocenters. The molecule has 1 aromatic carbocycles. The quantitative estimate of drug-likeness (QED) is 0.935. The highest BCUT2D eigenvalue weighted by Gasteiger charge is 2.16. The van der Waals surface area contributed by atoms with Crippen molar-refractivity contribution in [2.75, 3.05) is 20.6 Å². The second kappa shape index (κ2) is 5.81. The summed E-state index contributed by atoms with van der Waals surface area (Å²) in [5, 5.41) is 3.95. The molecule has 6 heteroatoms. The van der Waals surface area contributed by atoms with E-state index in [1.807, 2.05) is 44.1 Å². The Hall–Kier alpha value is -1.24. The van der Waals surface area contributed by atoms with E-state index in [2.05, 4.69) is 26.1 Å². The smallest absolute Gasteiger partial charge is 0.258 e. The fourth-order valence-corrected chi connectivity index (χ4v) is 2.45. The van der Waals surface area contributed by atoms with Crippen LogP contribution in [-0.4, -0.2) is 35.7 Å². The van der Waals surface area contributed by atoms with Gasteiger partial charge in [0.25, 0.3) is 5.89 Å². The molecule has 0 amide bonds. The summed E-state index contributed by atoms with van der Waals surface area (Å²) in [5.74, 6) is 1.02. The number of likely N-dealkylation sites (N-methyl/N-ethyl adjacent to an activating group) is 1. The van der Waals surface area contributed by atoms with Gasteiger partial charge in [-0.05, 0) is 44.8 Å². The minimum Gasteiger partial charge on any atom is -0.334 e. The first-order chi connectivity index (χ1) is 8.95. The molecule has 2 rings (SSSR count). The molecule has 19 heavy (non-hydrogen) atoms. The third-order valence-corrected chi connectivity index (χ3v) is 3.08. The Morgan fingerprint density at radius 2 is 2.11 bits per heavy atom. The zero-order valence-electron chi connectivity index (χ0n) is 11.2. The Bertz CT molecular complexity index is 547. The summed E-state index contributed by atoms with van der Waals surface area (Å²) >= 11 is 3.46. The largest absolute Gasteiger partial charge is 0.334 e. The van der Waals surface area contributed by atoms with E-state index in [1.54, 1.807) is 0 Å². The topological polar surface area (TPSA) is 68.2 Å². The first-order valence-electron chi connectivity index (χ1n) is 5.97. The van der Waals surface area contributed by atoms with E-state index < -0.39 is 0 Å². The van der Waals surface area contributed by atoms with Crippen molar-refractivity contribution in [1.82, 2.24) is 15.0 Å². The summed E-state index contributed by atoms with van der Waals surface area (Å²) in [7, 11) is 3.91. The van der Waals surface area contributed by atoms with E-state index in [0.29, 0.717) is 18.3 Å². The van der Waals surface area contributed by atoms with Crippen LogP contribution in [0.1, 0.15) is 17.4 Å². The molecule has 1 aromatic heterocycles. The van der Waals surface area contributed by atoms with Gasteiger partial charge in [0.05, 0.1) is 6.04 Å². The van der Waals surface area contributed by atoms with Gasteiger partial charge in [-0.1, -0.05) is 21.1 Å². The second-order valence-corrected chi connectivity index (χ2v) is 5.76. The number of aryl methyl sites for hydroxylation is 1. The van der Waals surface area contributed by atoms with E-state index in [1.165, 1.54) is 0 Å². The van der Waals surface area contributed by atoms with Gasteiger partial charge in [0.1, 0.15) is 0 Å². The van der Waals surface area contributed by atoms with E-state index in [9.17, 15) is 0 Å². The molecule has 2 aromatic rings. The molecule has 102 valence electrons. The zero-order chi connectivity index (χ0) is 14.0. The van der Waals surface area contributed by atoms with Crippen molar-refractivity contribution in [3.05, 3.63) is 34.1 Å². The molecule has 0 aliphatic rings. The molecule has 0 aliphatic heterocycles. The summed E-state index contributed by atoms with van der Waals surface area (Å²) in [6, 6.07) is 5.72. The van der Waals surface area contributed by atoms with Crippen LogP contribution < -0.4 is 5.73 Å². The average Bonchev–Trinajstić information content (AvgIpc) is 2.75. The first-order valence-corrected chi connectivity index (χ1v) is 6.76. The fourth-order valence-electron chi connectivity index (χ4n) is 1.84. The van der Waals surface area contributed by atoms with Crippen LogP contribution in [0.2, 0.25) is 0 Å². The van der Waals surface area contributed by atoms with Crippen molar-refractivity contribution < 1.29 is 4.52 Å². The summed E-state index contributed by atoms with van der Waals surface area (Å²) in [5.41, 5.74) is 8.03. The number of rotatable bonds is 4. The van der Waals surface area contributed by atoms with Crippen molar-refractivity contribution in [3.63, 3.8) is 0 Å². The van der Waals surface area contributed by atoms with Crippen molar-refractivity contribution in [2.24, 2.45) is 5.73 Å². The van der Waals surface area contributed by atoms with Gasteiger partial charge in [-0.25, -0.2) is 0 Å². The lowest BCUT2D eigenvalue weighted by molar-refractivity contribution is 0.357. The third-order valence-electron chi connectivity index (χ3n) is 2.62. The van der Waals surface area contributed by atoms with Crippen LogP contribution >= 0.6 is 15.9 Å². The highest BCUT2D eigenvalue weighted by Crippen LogP contribution is 2.24. The summed E-state index contributed by atoms with van der Waals surface area (Å²) in [6.07, 6.45) is 0. The number of halogens is 1. The number of aromatic nitrogens is 2. The second-order valence-electron chi connectivity index (χ2n) is 4.84. The molecule has 5 nitrogen and oxygen atoms in total. The molecule has 1 heterocycles. The Balaban J connectivity index is 2.25. The lowest BCUT2D eigenvalue weighted by atomic mass is 10.1. The Labute approximate surface area is 120 Å². The van der Waals surface area contributed by atoms with Crippen molar-refractivity contribution in [1.29, 1.82) is 0 Å². The van der Waals surface area contributed by atoms with Gasteiger partial charge in [0.15, 0.2) is 5.82 Å². The van der Waals surface area contributed by atoms with E-state index >= 15 is 0 Å². The predicted molar refractivity (Wildman–Crippen MR) is 77.7 cm³/mol. The molecule has 0 saturated heterocycles. The van der Waals surface area contributed by atoms with Crippen LogP contribution in [0.25, 0.3) is 11.5 Å². The van der Waals surface area contributed by atoms with Gasteiger partial charge in [0.2, 0.25) is 0 Å². The van der Waals surface area contributed by atoms with Gasteiger partial charge in [-0.2, -0.15) is 4.98 Å². The minimum atomic E-state index is -0.249. The number of benzene rings is 1. The molecule has 1 unspecified atom stereocenters. The number of hydrogen-bond donors (Lipinski definition) is 1. The molecule has 0 bridgehead atoms. The maximum Gasteiger partial charge on any atom is 0.258 e. The average molecular weight is 325 g/mol. The van der Waals surface area contributed by atoms with Crippen molar-refractivity contribution in [3.8, 4) is 11.5 Å². The molecule has 0 saturated carbocycles. The Kier molecular flexibility index (Phi) is 4.34. The maximum atomic E-state index is 6.01. The number of nitrogens with two attached hydrogens (primary N) is 1. The predicted octanol–water partition coefficient (Wildman–Crippen LogP) is 2.37. The Morgan fingerprint density at radius 3 is 2.74 bits per heavy atom. The molecular weight excluding hydrogens is 308 g/mol. The van der Waals surface area contributed by atoms with Gasteiger partial charge in [-0.3, -0.25) is 0 Å². The Morgan fingerprint density at radius 1 is 1.37 bits per heavy atom. The van der Waals surface area contributed by atoms with Crippen LogP contribution in [0.3, 0.4) is 0 Å². The molecule has 2 N–H and O–H groups in total. The van der Waals surface area contributed by atoms with Crippen LogP contribution in [-0.2, 0) is 0 Å². The zero-order valence-corrected chi connectivity index (χ0v) is 12.8. The van der Waals surface area contributed by atoms with E-state index in [-0.39, 0.29) is 6.04 Å². The van der Waals surface area contributed by atoms with Crippen molar-refractivity contribution in [2.45, 2.75) is 13.0 Å². The highest BCUT2D eigenvalue weighted by molar-refractivity contribution is 9.10. The SMILES string of the molecule is Cc1cc(Br)cc(-c2nc(C(N)CN(C)C)no2)c1. The van der Waals surface area contributed by atoms with E-state index in [4.69, 9.17) is 10.3 Å². The first kappa shape index (κ1) is 14.2. The normalized spacial score (nSPS) is 12.9. The van der Waals surface area contributed by atoms with Crippen LogP contribution in [0.4, 0.5) is 0 Å². The lowest BCUT2D eigenvalue weighted by Crippen LogP contribution is -2.26. The molecule has 0 aliphatic carbocycles. The van der Waals surface area contributed by atoms with Gasteiger partial charge in [-0.15, -0.1) is 0 Å². The van der Waals surface area contributed by atoms with Gasteiger partial charge in [0, 0.05) is 16.6 Å². The lowest BCUT2D eigenvalue weighted by Gasteiger charge is -2.12. The summed E-state index contributed by atoms with van der Waals surface area (Å²) in [6.45, 7) is 2.69. The molecule has 0 spiro atoms. The van der Waals surface area contributed by atoms with Crippen LogP contribution in [0, 0.1) is 6.92 Å². The molecule has 0 radical (unpaired) electrons. The van der Waals surface area contributed by atoms with Crippen molar-refractivity contribution >= 4 is 15.9 Å². The highest BCUT2D eigenvalue weighted by atomic mass is 79.9. The van der Waals surface area contributed by atoms with Crippen LogP contribution in [0.15, 0.2) is 27.2 Å². The number of hydrogen-bond acceptors (Lipinski definition) is 5. The van der Waals surface area contributed by atoms with Gasteiger partial charge < -0.3 is 15.2 Å². The number of nitrogens with zero attached hydrogens (tertiary/aromatic N) is 3. The molecule has 0 fully saturated rings. The van der Waals surface area contributed by atoms with Crippen LogP contribution in [0.5, 0.6) is 0 Å². The standard InChI is InChI=1S/C13H17BrN4O/c1-8-4-9(6-10(14)5-8)13-16-12(17-19-13)11(15)7-18(2)3/h4-6,11H,7,15H2,1-3H3. The third kappa shape index (κ3) is 3.62. The minimum absolute atomic E-state index is 0.249. The van der Waals surface area contributed by atoms with Gasteiger partial charge >= 0.3 is 0 Å². The van der Waals surface area contributed by atoms with E-state index in [0.717, 1.165) is 15.6 Å². The summed E-state index contributed by atoms with van der Waals surface area (Å²) in [4.78, 5) is 6.36. The maximum absolute atomic E-state index is 6.01. The molecular formula is C13H17BrN4O. The fraction of sp³-hybridized carbons (Fsp3) is 0.385. The monoisotopic (exact) mass is 324 g/mol. The summed E-state index contributed by atoms with van der Waals surface area (Å²) < 4.78 is 6.27.